The number of sulfonamides is 1. The zero-order chi connectivity index (χ0) is 20.6. The summed E-state index contributed by atoms with van der Waals surface area (Å²) >= 11 is 0. The highest BCUT2D eigenvalue weighted by molar-refractivity contribution is 7.89. The van der Waals surface area contributed by atoms with E-state index in [9.17, 15) is 26.4 Å². The molecule has 0 atom stereocenters. The molecule has 0 radical (unpaired) electrons. The molecule has 0 spiro atoms. The van der Waals surface area contributed by atoms with Crippen molar-refractivity contribution < 1.29 is 26.4 Å². The highest BCUT2D eigenvalue weighted by Crippen LogP contribution is 2.33. The van der Waals surface area contributed by atoms with Gasteiger partial charge in [-0.15, -0.1) is 0 Å². The average Bonchev–Trinajstić information content (AvgIpc) is 2.65. The van der Waals surface area contributed by atoms with E-state index >= 15 is 0 Å². The molecule has 0 aliphatic carbocycles. The Labute approximate surface area is 161 Å². The molecule has 0 aliphatic heterocycles. The molecule has 5 nitrogen and oxygen atoms in total. The topological polar surface area (TPSA) is 75.3 Å². The monoisotopic (exact) mass is 412 g/mol. The van der Waals surface area contributed by atoms with Crippen LogP contribution in [0.2, 0.25) is 0 Å². The van der Waals surface area contributed by atoms with Crippen molar-refractivity contribution >= 4 is 21.5 Å². The Morgan fingerprint density at radius 3 is 2.11 bits per heavy atom. The third-order valence-electron chi connectivity index (χ3n) is 3.67. The van der Waals surface area contributed by atoms with E-state index in [0.29, 0.717) is 6.08 Å². The molecular formula is C19H19F3N2O3S. The van der Waals surface area contributed by atoms with Crippen LogP contribution in [0.15, 0.2) is 66.7 Å². The molecule has 0 bridgehead atoms. The van der Waals surface area contributed by atoms with E-state index in [1.54, 1.807) is 36.4 Å². The van der Waals surface area contributed by atoms with Gasteiger partial charge < -0.3 is 5.32 Å². The zero-order valence-corrected chi connectivity index (χ0v) is 15.6. The number of hydrogen-bond acceptors (Lipinski definition) is 3. The molecule has 2 aromatic carbocycles. The van der Waals surface area contributed by atoms with Crippen LogP contribution in [0, 0.1) is 0 Å². The second kappa shape index (κ2) is 9.52. The maximum Gasteiger partial charge on any atom is 0.417 e. The lowest BCUT2D eigenvalue weighted by Gasteiger charge is -2.12. The second-order valence-electron chi connectivity index (χ2n) is 5.84. The number of rotatable bonds is 8. The van der Waals surface area contributed by atoms with Crippen LogP contribution < -0.4 is 10.0 Å². The number of hydrogen-bond donors (Lipinski definition) is 2. The van der Waals surface area contributed by atoms with Gasteiger partial charge in [0, 0.05) is 19.2 Å². The van der Waals surface area contributed by atoms with Crippen LogP contribution in [-0.2, 0) is 21.4 Å². The summed E-state index contributed by atoms with van der Waals surface area (Å²) in [5.41, 5.74) is -0.492. The highest BCUT2D eigenvalue weighted by atomic mass is 32.2. The lowest BCUT2D eigenvalue weighted by Crippen LogP contribution is -2.34. The maximum absolute atomic E-state index is 13.2. The zero-order valence-electron chi connectivity index (χ0n) is 14.7. The summed E-state index contributed by atoms with van der Waals surface area (Å²) in [7, 11) is -3.69. The minimum Gasteiger partial charge on any atom is -0.351 e. The Morgan fingerprint density at radius 2 is 1.54 bits per heavy atom. The van der Waals surface area contributed by atoms with E-state index in [1.165, 1.54) is 24.3 Å². The molecule has 2 rings (SSSR count). The molecular weight excluding hydrogens is 393 g/mol. The quantitative estimate of drug-likeness (QED) is 0.655. The van der Waals surface area contributed by atoms with Crippen molar-refractivity contribution in [3.05, 3.63) is 77.9 Å². The van der Waals surface area contributed by atoms with Crippen LogP contribution in [0.25, 0.3) is 5.57 Å². The normalized spacial score (nSPS) is 12.6. The van der Waals surface area contributed by atoms with Gasteiger partial charge >= 0.3 is 6.18 Å². The number of amides is 1. The first kappa shape index (κ1) is 21.6. The summed E-state index contributed by atoms with van der Waals surface area (Å²) in [6.45, 7) is -0.233. The maximum atomic E-state index is 13.2. The number of halogens is 3. The molecule has 0 heterocycles. The molecule has 2 aromatic rings. The second-order valence-corrected chi connectivity index (χ2v) is 7.76. The highest BCUT2D eigenvalue weighted by Gasteiger charge is 2.35. The van der Waals surface area contributed by atoms with Crippen molar-refractivity contribution in [2.24, 2.45) is 0 Å². The molecule has 0 fully saturated rings. The summed E-state index contributed by atoms with van der Waals surface area (Å²) in [6.07, 6.45) is -4.29. The van der Waals surface area contributed by atoms with Crippen molar-refractivity contribution in [1.29, 1.82) is 0 Å². The van der Waals surface area contributed by atoms with Gasteiger partial charge in [-0.1, -0.05) is 60.7 Å². The number of allylic oxidation sites excluding steroid dienone is 1. The van der Waals surface area contributed by atoms with Gasteiger partial charge in [-0.2, -0.15) is 13.2 Å². The summed E-state index contributed by atoms with van der Waals surface area (Å²) in [6, 6.07) is 15.7. The van der Waals surface area contributed by atoms with Crippen molar-refractivity contribution in [3.8, 4) is 0 Å². The van der Waals surface area contributed by atoms with Crippen molar-refractivity contribution in [2.75, 3.05) is 12.3 Å². The molecule has 0 saturated heterocycles. The average molecular weight is 412 g/mol. The fourth-order valence-electron chi connectivity index (χ4n) is 2.30. The lowest BCUT2D eigenvalue weighted by atomic mass is 10.1. The fraction of sp³-hybridized carbons (Fsp3) is 0.211. The minimum atomic E-state index is -4.72. The van der Waals surface area contributed by atoms with Gasteiger partial charge in [-0.25, -0.2) is 13.1 Å². The van der Waals surface area contributed by atoms with Crippen molar-refractivity contribution in [2.45, 2.75) is 12.7 Å². The van der Waals surface area contributed by atoms with Crippen molar-refractivity contribution in [3.63, 3.8) is 0 Å². The van der Waals surface area contributed by atoms with Crippen LogP contribution in [-0.4, -0.2) is 32.8 Å². The van der Waals surface area contributed by atoms with Crippen LogP contribution in [0.3, 0.4) is 0 Å². The van der Waals surface area contributed by atoms with E-state index in [0.717, 1.165) is 5.56 Å². The van der Waals surface area contributed by atoms with Gasteiger partial charge in [0.25, 0.3) is 0 Å². The number of nitrogens with one attached hydrogen (secondary N) is 2. The van der Waals surface area contributed by atoms with Gasteiger partial charge in [0.2, 0.25) is 15.9 Å². The van der Waals surface area contributed by atoms with E-state index in [2.05, 4.69) is 10.0 Å². The third kappa shape index (κ3) is 7.16. The lowest BCUT2D eigenvalue weighted by molar-refractivity contribution is -0.116. The van der Waals surface area contributed by atoms with E-state index < -0.39 is 33.4 Å². The predicted octanol–water partition coefficient (Wildman–Crippen LogP) is 2.87. The van der Waals surface area contributed by atoms with E-state index in [4.69, 9.17) is 0 Å². The molecule has 28 heavy (non-hydrogen) atoms. The van der Waals surface area contributed by atoms with Crippen LogP contribution in [0.4, 0.5) is 13.2 Å². The summed E-state index contributed by atoms with van der Waals surface area (Å²) in [5.74, 6) is -1.47. The standard InChI is InChI=1S/C19H19F3N2O3S/c20-19(21,22)17(16-9-5-2-6-10-16)13-18(25)23-11-12-28(26,27)24-14-15-7-3-1-4-8-15/h1-10,13,24H,11-12,14H2,(H,23,25)/b17-13-. The molecule has 0 saturated carbocycles. The van der Waals surface area contributed by atoms with Crippen LogP contribution >= 0.6 is 0 Å². The van der Waals surface area contributed by atoms with Crippen molar-refractivity contribution in [1.82, 2.24) is 10.0 Å². The van der Waals surface area contributed by atoms with Gasteiger partial charge in [-0.05, 0) is 11.1 Å². The van der Waals surface area contributed by atoms with E-state index in [1.807, 2.05) is 0 Å². The Bertz CT molecular complexity index is 912. The smallest absolute Gasteiger partial charge is 0.351 e. The first-order valence-corrected chi connectivity index (χ1v) is 9.96. The molecule has 9 heteroatoms. The Morgan fingerprint density at radius 1 is 0.964 bits per heavy atom. The molecule has 0 aliphatic rings. The first-order chi connectivity index (χ1) is 13.2. The first-order valence-electron chi connectivity index (χ1n) is 8.31. The largest absolute Gasteiger partial charge is 0.417 e. The predicted molar refractivity (Wildman–Crippen MR) is 101 cm³/mol. The third-order valence-corrected chi connectivity index (χ3v) is 5.00. The molecule has 150 valence electrons. The minimum absolute atomic E-state index is 0.0866. The number of alkyl halides is 3. The number of benzene rings is 2. The molecule has 0 aromatic heterocycles. The van der Waals surface area contributed by atoms with Crippen LogP contribution in [0.1, 0.15) is 11.1 Å². The molecule has 1 amide bonds. The Hall–Kier alpha value is -2.65. The van der Waals surface area contributed by atoms with Gasteiger partial charge in [0.15, 0.2) is 0 Å². The summed E-state index contributed by atoms with van der Waals surface area (Å²) < 4.78 is 65.8. The number of carbonyl (C=O) groups is 1. The summed E-state index contributed by atoms with van der Waals surface area (Å²) in [5, 5.41) is 2.17. The Kier molecular flexibility index (Phi) is 7.36. The molecule has 0 unspecified atom stereocenters. The number of carbonyl (C=O) groups excluding carboxylic acids is 1. The van der Waals surface area contributed by atoms with E-state index in [-0.39, 0.29) is 18.7 Å². The molecule has 2 N–H and O–H groups in total. The van der Waals surface area contributed by atoms with Crippen LogP contribution in [0.5, 0.6) is 0 Å². The fourth-order valence-corrected chi connectivity index (χ4v) is 3.20. The van der Waals surface area contributed by atoms with Gasteiger partial charge in [0.1, 0.15) is 0 Å². The Balaban J connectivity index is 1.92. The summed E-state index contributed by atoms with van der Waals surface area (Å²) in [4.78, 5) is 11.8. The van der Waals surface area contributed by atoms with Gasteiger partial charge in [-0.3, -0.25) is 4.79 Å². The SMILES string of the molecule is O=C(/C=C(/c1ccccc1)C(F)(F)F)NCCS(=O)(=O)NCc1ccccc1. The van der Waals surface area contributed by atoms with Gasteiger partial charge in [0.05, 0.1) is 11.3 Å².